The van der Waals surface area contributed by atoms with E-state index in [1.165, 1.54) is 0 Å². The van der Waals surface area contributed by atoms with Gasteiger partial charge in [0.25, 0.3) is 0 Å². The van der Waals surface area contributed by atoms with Gasteiger partial charge in [0.1, 0.15) is 18.2 Å². The van der Waals surface area contributed by atoms with Crippen molar-refractivity contribution in [2.45, 2.75) is 20.0 Å². The molecule has 0 unspecified atom stereocenters. The van der Waals surface area contributed by atoms with E-state index < -0.39 is 23.2 Å². The van der Waals surface area contributed by atoms with E-state index in [4.69, 9.17) is 9.47 Å². The van der Waals surface area contributed by atoms with E-state index in [1.807, 2.05) is 13.8 Å². The van der Waals surface area contributed by atoms with E-state index in [2.05, 4.69) is 0 Å². The molecule has 5 heteroatoms. The average Bonchev–Trinajstić information content (AvgIpc) is 2.27. The third-order valence-corrected chi connectivity index (χ3v) is 1.92. The highest BCUT2D eigenvalue weighted by Gasteiger charge is 2.14. The minimum atomic E-state index is -0.894. The predicted octanol–water partition coefficient (Wildman–Crippen LogP) is 2.55. The summed E-state index contributed by atoms with van der Waals surface area (Å²) >= 11 is 0. The van der Waals surface area contributed by atoms with E-state index in [-0.39, 0.29) is 19.3 Å². The second-order valence-corrected chi connectivity index (χ2v) is 3.68. The first-order valence-electron chi connectivity index (χ1n) is 5.24. The molecule has 17 heavy (non-hydrogen) atoms. The molecule has 1 aromatic carbocycles. The van der Waals surface area contributed by atoms with Crippen LogP contribution in [0.15, 0.2) is 18.2 Å². The van der Waals surface area contributed by atoms with Gasteiger partial charge in [-0.3, -0.25) is 0 Å². The van der Waals surface area contributed by atoms with Crippen LogP contribution >= 0.6 is 0 Å². The summed E-state index contributed by atoms with van der Waals surface area (Å²) in [6, 6.07) is 2.63. The fourth-order valence-corrected chi connectivity index (χ4v) is 1.15. The zero-order valence-electron chi connectivity index (χ0n) is 9.70. The molecule has 0 aromatic heterocycles. The van der Waals surface area contributed by atoms with Crippen LogP contribution in [-0.2, 0) is 9.47 Å². The summed E-state index contributed by atoms with van der Waals surface area (Å²) < 4.78 is 35.8. The standard InChI is InChI=1S/C12H14F2O3/c1-8(2)16-5-6-17-12(15)10-7-9(13)3-4-11(10)14/h3-4,7-8H,5-6H2,1-2H3. The van der Waals surface area contributed by atoms with Crippen LogP contribution in [0, 0.1) is 11.6 Å². The Labute approximate surface area is 98.3 Å². The molecule has 0 aliphatic heterocycles. The fourth-order valence-electron chi connectivity index (χ4n) is 1.15. The van der Waals surface area contributed by atoms with Gasteiger partial charge in [0.2, 0.25) is 0 Å². The molecule has 0 N–H and O–H groups in total. The van der Waals surface area contributed by atoms with Gasteiger partial charge in [-0.25, -0.2) is 13.6 Å². The molecule has 0 fully saturated rings. The molecule has 1 rings (SSSR count). The molecule has 0 aliphatic carbocycles. The van der Waals surface area contributed by atoms with Crippen molar-refractivity contribution in [3.8, 4) is 0 Å². The van der Waals surface area contributed by atoms with Crippen LogP contribution in [0.3, 0.4) is 0 Å². The third kappa shape index (κ3) is 4.48. The summed E-state index contributed by atoms with van der Waals surface area (Å²) in [7, 11) is 0. The van der Waals surface area contributed by atoms with Gasteiger partial charge in [0.15, 0.2) is 0 Å². The largest absolute Gasteiger partial charge is 0.460 e. The lowest BCUT2D eigenvalue weighted by molar-refractivity contribution is 0.0173. The zero-order valence-corrected chi connectivity index (χ0v) is 9.70. The maximum absolute atomic E-state index is 13.2. The Balaban J connectivity index is 2.49. The predicted molar refractivity (Wildman–Crippen MR) is 57.7 cm³/mol. The van der Waals surface area contributed by atoms with Crippen molar-refractivity contribution < 1.29 is 23.0 Å². The summed E-state index contributed by atoms with van der Waals surface area (Å²) in [6.45, 7) is 3.91. The minimum Gasteiger partial charge on any atom is -0.460 e. The number of benzene rings is 1. The average molecular weight is 244 g/mol. The van der Waals surface area contributed by atoms with Crippen molar-refractivity contribution in [1.82, 2.24) is 0 Å². The van der Waals surface area contributed by atoms with Gasteiger partial charge < -0.3 is 9.47 Å². The minimum absolute atomic E-state index is 0.00691. The van der Waals surface area contributed by atoms with Crippen LogP contribution in [-0.4, -0.2) is 25.3 Å². The molecule has 3 nitrogen and oxygen atoms in total. The lowest BCUT2D eigenvalue weighted by atomic mass is 10.2. The van der Waals surface area contributed by atoms with Crippen molar-refractivity contribution in [2.24, 2.45) is 0 Å². The summed E-state index contributed by atoms with van der Waals surface area (Å²) in [4.78, 5) is 11.4. The van der Waals surface area contributed by atoms with Crippen molar-refractivity contribution >= 4 is 5.97 Å². The van der Waals surface area contributed by atoms with E-state index >= 15 is 0 Å². The molecule has 0 spiro atoms. The van der Waals surface area contributed by atoms with Crippen LogP contribution in [0.4, 0.5) is 8.78 Å². The van der Waals surface area contributed by atoms with E-state index in [0.29, 0.717) is 0 Å². The highest BCUT2D eigenvalue weighted by Crippen LogP contribution is 2.10. The summed E-state index contributed by atoms with van der Waals surface area (Å²) in [5.74, 6) is -2.38. The van der Waals surface area contributed by atoms with E-state index in [9.17, 15) is 13.6 Å². The van der Waals surface area contributed by atoms with E-state index in [0.717, 1.165) is 18.2 Å². The van der Waals surface area contributed by atoms with Crippen molar-refractivity contribution in [3.05, 3.63) is 35.4 Å². The molecule has 0 atom stereocenters. The van der Waals surface area contributed by atoms with Crippen molar-refractivity contribution in [3.63, 3.8) is 0 Å². The van der Waals surface area contributed by atoms with Gasteiger partial charge in [-0.2, -0.15) is 0 Å². The van der Waals surface area contributed by atoms with Crippen LogP contribution in [0.25, 0.3) is 0 Å². The SMILES string of the molecule is CC(C)OCCOC(=O)c1cc(F)ccc1F. The number of esters is 1. The molecule has 1 aromatic rings. The number of ether oxygens (including phenoxy) is 2. The summed E-state index contributed by atoms with van der Waals surface area (Å²) in [5.41, 5.74) is -0.408. The van der Waals surface area contributed by atoms with Crippen LogP contribution in [0.1, 0.15) is 24.2 Å². The molecule has 0 heterocycles. The van der Waals surface area contributed by atoms with Crippen LogP contribution in [0.5, 0.6) is 0 Å². The van der Waals surface area contributed by atoms with Gasteiger partial charge in [-0.15, -0.1) is 0 Å². The molecule has 94 valence electrons. The highest BCUT2D eigenvalue weighted by molar-refractivity contribution is 5.89. The number of hydrogen-bond acceptors (Lipinski definition) is 3. The Morgan fingerprint density at radius 1 is 1.29 bits per heavy atom. The monoisotopic (exact) mass is 244 g/mol. The highest BCUT2D eigenvalue weighted by atomic mass is 19.1. The Morgan fingerprint density at radius 2 is 2.00 bits per heavy atom. The number of halogens is 2. The van der Waals surface area contributed by atoms with Crippen LogP contribution < -0.4 is 0 Å². The van der Waals surface area contributed by atoms with Crippen molar-refractivity contribution in [1.29, 1.82) is 0 Å². The molecule has 0 amide bonds. The third-order valence-electron chi connectivity index (χ3n) is 1.92. The second-order valence-electron chi connectivity index (χ2n) is 3.68. The van der Waals surface area contributed by atoms with Gasteiger partial charge in [-0.05, 0) is 32.0 Å². The Bertz CT molecular complexity index is 391. The topological polar surface area (TPSA) is 35.5 Å². The van der Waals surface area contributed by atoms with Gasteiger partial charge in [0, 0.05) is 0 Å². The smallest absolute Gasteiger partial charge is 0.341 e. The first-order valence-corrected chi connectivity index (χ1v) is 5.24. The Hall–Kier alpha value is -1.49. The summed E-state index contributed by atoms with van der Waals surface area (Å²) in [6.07, 6.45) is 0.0274. The normalized spacial score (nSPS) is 10.6. The van der Waals surface area contributed by atoms with Gasteiger partial charge in [-0.1, -0.05) is 0 Å². The molecule has 0 saturated heterocycles. The summed E-state index contributed by atoms with van der Waals surface area (Å²) in [5, 5.41) is 0. The fraction of sp³-hybridized carbons (Fsp3) is 0.417. The van der Waals surface area contributed by atoms with Gasteiger partial charge in [0.05, 0.1) is 18.3 Å². The van der Waals surface area contributed by atoms with Crippen LogP contribution in [0.2, 0.25) is 0 Å². The van der Waals surface area contributed by atoms with Crippen molar-refractivity contribution in [2.75, 3.05) is 13.2 Å². The second kappa shape index (κ2) is 6.30. The zero-order chi connectivity index (χ0) is 12.8. The molecule has 0 radical (unpaired) electrons. The Kier molecular flexibility index (Phi) is 5.03. The first kappa shape index (κ1) is 13.6. The number of carbonyl (C=O) groups excluding carboxylic acids is 1. The molecule has 0 saturated carbocycles. The van der Waals surface area contributed by atoms with E-state index in [1.54, 1.807) is 0 Å². The maximum atomic E-state index is 13.2. The lowest BCUT2D eigenvalue weighted by Crippen LogP contribution is -2.14. The molecule has 0 aliphatic rings. The molecular weight excluding hydrogens is 230 g/mol. The lowest BCUT2D eigenvalue weighted by Gasteiger charge is -2.08. The first-order chi connectivity index (χ1) is 8.00. The quantitative estimate of drug-likeness (QED) is 0.590. The molecule has 0 bridgehead atoms. The number of rotatable bonds is 5. The number of carbonyl (C=O) groups is 1. The molecular formula is C12H14F2O3. The van der Waals surface area contributed by atoms with Gasteiger partial charge >= 0.3 is 5.97 Å². The number of hydrogen-bond donors (Lipinski definition) is 0. The maximum Gasteiger partial charge on any atom is 0.341 e. The Morgan fingerprint density at radius 3 is 2.65 bits per heavy atom.